The van der Waals surface area contributed by atoms with Gasteiger partial charge in [-0.05, 0) is 23.8 Å². The van der Waals surface area contributed by atoms with Crippen LogP contribution in [0.15, 0.2) is 71.8 Å². The van der Waals surface area contributed by atoms with Gasteiger partial charge in [-0.25, -0.2) is 5.01 Å². The summed E-state index contributed by atoms with van der Waals surface area (Å²) in [6, 6.07) is 19.5. The Labute approximate surface area is 117 Å². The van der Waals surface area contributed by atoms with Crippen LogP contribution in [-0.2, 0) is 4.79 Å². The number of nitrogens with zero attached hydrogens (tertiary/aromatic N) is 2. The summed E-state index contributed by atoms with van der Waals surface area (Å²) < 4.78 is 0. The lowest BCUT2D eigenvalue weighted by molar-refractivity contribution is -0.116. The predicted molar refractivity (Wildman–Crippen MR) is 81.5 cm³/mol. The highest BCUT2D eigenvalue weighted by Crippen LogP contribution is 2.20. The van der Waals surface area contributed by atoms with Crippen molar-refractivity contribution in [3.05, 3.63) is 72.3 Å². The fourth-order valence-electron chi connectivity index (χ4n) is 2.07. The topological polar surface area (TPSA) is 32.7 Å². The van der Waals surface area contributed by atoms with Gasteiger partial charge in [-0.1, -0.05) is 54.6 Å². The molecular weight excluding hydrogens is 248 g/mol. The number of rotatable bonds is 3. The van der Waals surface area contributed by atoms with Gasteiger partial charge in [0.2, 0.25) is 0 Å². The monoisotopic (exact) mass is 262 g/mol. The number of carbonyl (C=O) groups excluding carboxylic acids is 1. The van der Waals surface area contributed by atoms with Gasteiger partial charge in [0, 0.05) is 0 Å². The number of hydrogen-bond donors (Lipinski definition) is 0. The van der Waals surface area contributed by atoms with Crippen molar-refractivity contribution in [3.63, 3.8) is 0 Å². The van der Waals surface area contributed by atoms with E-state index in [-0.39, 0.29) is 5.91 Å². The molecule has 0 spiro atoms. The first-order valence-corrected chi connectivity index (χ1v) is 6.51. The van der Waals surface area contributed by atoms with E-state index in [9.17, 15) is 4.79 Å². The summed E-state index contributed by atoms with van der Waals surface area (Å²) >= 11 is 0. The Morgan fingerprint density at radius 1 is 0.900 bits per heavy atom. The summed E-state index contributed by atoms with van der Waals surface area (Å²) in [6.45, 7) is 0. The van der Waals surface area contributed by atoms with Gasteiger partial charge in [0.15, 0.2) is 0 Å². The lowest BCUT2D eigenvalue weighted by Crippen LogP contribution is -2.19. The van der Waals surface area contributed by atoms with Crippen LogP contribution in [0.1, 0.15) is 12.0 Å². The molecule has 2 aromatic carbocycles. The molecule has 0 N–H and O–H groups in total. The van der Waals surface area contributed by atoms with Crippen LogP contribution in [0.4, 0.5) is 5.69 Å². The van der Waals surface area contributed by atoms with Crippen molar-refractivity contribution in [2.45, 2.75) is 6.42 Å². The lowest BCUT2D eigenvalue weighted by Gasteiger charge is -2.10. The Hall–Kier alpha value is -2.68. The van der Waals surface area contributed by atoms with Gasteiger partial charge in [-0.15, -0.1) is 0 Å². The van der Waals surface area contributed by atoms with Crippen LogP contribution in [0, 0.1) is 0 Å². The van der Waals surface area contributed by atoms with E-state index in [0.29, 0.717) is 6.42 Å². The molecule has 1 amide bonds. The van der Waals surface area contributed by atoms with Crippen molar-refractivity contribution < 1.29 is 4.79 Å². The second-order valence-corrected chi connectivity index (χ2v) is 4.55. The number of amides is 1. The standard InChI is InChI=1S/C17H14N2O/c20-17-13-15(12-11-14-7-3-1-4-8-14)18-19(17)16-9-5-2-6-10-16/h1-12H,13H2/b12-11+. The molecule has 3 rings (SSSR count). The Morgan fingerprint density at radius 3 is 2.25 bits per heavy atom. The number of benzene rings is 2. The second-order valence-electron chi connectivity index (χ2n) is 4.55. The Bertz CT molecular complexity index is 660. The molecule has 1 aliphatic heterocycles. The third-order valence-electron chi connectivity index (χ3n) is 3.07. The van der Waals surface area contributed by atoms with E-state index < -0.39 is 0 Å². The van der Waals surface area contributed by atoms with Crippen molar-refractivity contribution in [2.24, 2.45) is 5.10 Å². The first-order valence-electron chi connectivity index (χ1n) is 6.51. The van der Waals surface area contributed by atoms with Crippen LogP contribution in [0.2, 0.25) is 0 Å². The Kier molecular flexibility index (Phi) is 3.42. The maximum absolute atomic E-state index is 12.0. The molecular formula is C17H14N2O. The lowest BCUT2D eigenvalue weighted by atomic mass is 10.2. The second kappa shape index (κ2) is 5.53. The molecule has 0 saturated carbocycles. The number of allylic oxidation sites excluding steroid dienone is 1. The number of hydrazone groups is 1. The molecule has 98 valence electrons. The van der Waals surface area contributed by atoms with Crippen molar-refractivity contribution >= 4 is 23.4 Å². The maximum atomic E-state index is 12.0. The zero-order valence-electron chi connectivity index (χ0n) is 10.9. The summed E-state index contributed by atoms with van der Waals surface area (Å²) in [7, 11) is 0. The van der Waals surface area contributed by atoms with Crippen LogP contribution in [0.3, 0.4) is 0 Å². The van der Waals surface area contributed by atoms with E-state index in [0.717, 1.165) is 17.0 Å². The molecule has 0 unspecified atom stereocenters. The van der Waals surface area contributed by atoms with Gasteiger partial charge in [0.05, 0.1) is 17.8 Å². The first-order chi connectivity index (χ1) is 9.83. The number of para-hydroxylation sites is 1. The summed E-state index contributed by atoms with van der Waals surface area (Å²) in [5.41, 5.74) is 2.68. The molecule has 3 nitrogen and oxygen atoms in total. The van der Waals surface area contributed by atoms with Gasteiger partial charge in [-0.3, -0.25) is 4.79 Å². The summed E-state index contributed by atoms with van der Waals surface area (Å²) in [5, 5.41) is 5.83. The number of carbonyl (C=O) groups is 1. The molecule has 20 heavy (non-hydrogen) atoms. The fourth-order valence-corrected chi connectivity index (χ4v) is 2.07. The fraction of sp³-hybridized carbons (Fsp3) is 0.0588. The third-order valence-corrected chi connectivity index (χ3v) is 3.07. The summed E-state index contributed by atoms with van der Waals surface area (Å²) in [6.07, 6.45) is 4.22. The maximum Gasteiger partial charge on any atom is 0.253 e. The molecule has 0 atom stereocenters. The van der Waals surface area contributed by atoms with E-state index in [1.54, 1.807) is 0 Å². The van der Waals surface area contributed by atoms with E-state index in [1.165, 1.54) is 5.01 Å². The van der Waals surface area contributed by atoms with Crippen LogP contribution >= 0.6 is 0 Å². The molecule has 0 aliphatic carbocycles. The molecule has 0 saturated heterocycles. The Balaban J connectivity index is 1.79. The highest BCUT2D eigenvalue weighted by atomic mass is 16.2. The quantitative estimate of drug-likeness (QED) is 0.833. The Morgan fingerprint density at radius 2 is 1.55 bits per heavy atom. The highest BCUT2D eigenvalue weighted by Gasteiger charge is 2.23. The molecule has 1 heterocycles. The zero-order valence-corrected chi connectivity index (χ0v) is 10.9. The highest BCUT2D eigenvalue weighted by molar-refractivity contribution is 6.17. The predicted octanol–water partition coefficient (Wildman–Crippen LogP) is 3.49. The van der Waals surface area contributed by atoms with E-state index >= 15 is 0 Å². The van der Waals surface area contributed by atoms with Gasteiger partial charge in [0.25, 0.3) is 5.91 Å². The molecule has 0 fully saturated rings. The van der Waals surface area contributed by atoms with E-state index in [4.69, 9.17) is 0 Å². The minimum absolute atomic E-state index is 0.00362. The average Bonchev–Trinajstić information content (AvgIpc) is 2.88. The van der Waals surface area contributed by atoms with Crippen molar-refractivity contribution in [3.8, 4) is 0 Å². The van der Waals surface area contributed by atoms with Crippen LogP contribution in [0.5, 0.6) is 0 Å². The zero-order chi connectivity index (χ0) is 13.8. The molecule has 0 aromatic heterocycles. The summed E-state index contributed by atoms with van der Waals surface area (Å²) in [4.78, 5) is 12.0. The van der Waals surface area contributed by atoms with Crippen molar-refractivity contribution in [2.75, 3.05) is 5.01 Å². The molecule has 2 aromatic rings. The smallest absolute Gasteiger partial charge is 0.253 e. The number of anilines is 1. The van der Waals surface area contributed by atoms with Crippen LogP contribution in [0.25, 0.3) is 6.08 Å². The summed E-state index contributed by atoms with van der Waals surface area (Å²) in [5.74, 6) is 0.00362. The van der Waals surface area contributed by atoms with Gasteiger partial charge >= 0.3 is 0 Å². The van der Waals surface area contributed by atoms with Crippen molar-refractivity contribution in [1.82, 2.24) is 0 Å². The van der Waals surface area contributed by atoms with Gasteiger partial charge in [0.1, 0.15) is 0 Å². The van der Waals surface area contributed by atoms with Gasteiger partial charge < -0.3 is 0 Å². The molecule has 0 bridgehead atoms. The third kappa shape index (κ3) is 2.67. The van der Waals surface area contributed by atoms with E-state index in [2.05, 4.69) is 5.10 Å². The normalized spacial score (nSPS) is 14.9. The largest absolute Gasteiger partial charge is 0.272 e. The average molecular weight is 262 g/mol. The first kappa shape index (κ1) is 12.4. The van der Waals surface area contributed by atoms with Crippen molar-refractivity contribution in [1.29, 1.82) is 0 Å². The van der Waals surface area contributed by atoms with Crippen LogP contribution in [-0.4, -0.2) is 11.6 Å². The number of hydrogen-bond acceptors (Lipinski definition) is 2. The SMILES string of the molecule is O=C1CC(/C=C/c2ccccc2)=NN1c1ccccc1. The minimum Gasteiger partial charge on any atom is -0.272 e. The molecule has 1 aliphatic rings. The van der Waals surface area contributed by atoms with Crippen LogP contribution < -0.4 is 5.01 Å². The minimum atomic E-state index is 0.00362. The van der Waals surface area contributed by atoms with Gasteiger partial charge in [-0.2, -0.15) is 5.10 Å². The van der Waals surface area contributed by atoms with E-state index in [1.807, 2.05) is 72.8 Å². The molecule has 0 radical (unpaired) electrons. The molecule has 3 heteroatoms.